The largest absolute Gasteiger partial charge is 0.467 e. The average molecular weight is 359 g/mol. The summed E-state index contributed by atoms with van der Waals surface area (Å²) in [6.45, 7) is 7.29. The van der Waals surface area contributed by atoms with Crippen molar-refractivity contribution in [3.8, 4) is 0 Å². The van der Waals surface area contributed by atoms with Crippen LogP contribution in [0.15, 0.2) is 30.0 Å². The summed E-state index contributed by atoms with van der Waals surface area (Å²) < 4.78 is 4.62. The molecule has 3 unspecified atom stereocenters. The van der Waals surface area contributed by atoms with Gasteiger partial charge in [0.05, 0.1) is 12.8 Å². The molecule has 1 aromatic heterocycles. The SMILES string of the molecule is CCC(C)/C=C(C)/C=C/c1cc2c(cn1)C(=O)C(C)(O)C2(O)C(=O)OC. The Balaban J connectivity index is 2.48. The fraction of sp³-hybridized carbons (Fsp3) is 0.450. The number of rotatable bonds is 5. The molecular formula is C20H25NO5. The van der Waals surface area contributed by atoms with Crippen molar-refractivity contribution in [2.24, 2.45) is 5.92 Å². The van der Waals surface area contributed by atoms with Gasteiger partial charge in [0.25, 0.3) is 0 Å². The van der Waals surface area contributed by atoms with Gasteiger partial charge in [-0.15, -0.1) is 0 Å². The Morgan fingerprint density at radius 2 is 2.08 bits per heavy atom. The number of hydrogen-bond donors (Lipinski definition) is 2. The summed E-state index contributed by atoms with van der Waals surface area (Å²) in [4.78, 5) is 28.7. The summed E-state index contributed by atoms with van der Waals surface area (Å²) in [6.07, 6.45) is 8.02. The van der Waals surface area contributed by atoms with Gasteiger partial charge in [0, 0.05) is 17.3 Å². The lowest BCUT2D eigenvalue weighted by molar-refractivity contribution is -0.184. The van der Waals surface area contributed by atoms with E-state index in [1.807, 2.05) is 13.0 Å². The number of hydrogen-bond acceptors (Lipinski definition) is 6. The van der Waals surface area contributed by atoms with Crippen LogP contribution in [0.4, 0.5) is 0 Å². The first-order valence-corrected chi connectivity index (χ1v) is 8.54. The molecule has 1 aromatic rings. The van der Waals surface area contributed by atoms with Crippen LogP contribution in [0.2, 0.25) is 0 Å². The highest BCUT2D eigenvalue weighted by Crippen LogP contribution is 2.45. The second kappa shape index (κ2) is 7.13. The summed E-state index contributed by atoms with van der Waals surface area (Å²) in [6, 6.07) is 1.43. The van der Waals surface area contributed by atoms with E-state index in [-0.39, 0.29) is 11.1 Å². The number of carbonyl (C=O) groups excluding carboxylic acids is 2. The van der Waals surface area contributed by atoms with E-state index in [9.17, 15) is 19.8 Å². The topological polar surface area (TPSA) is 96.7 Å². The first-order chi connectivity index (χ1) is 12.1. The summed E-state index contributed by atoms with van der Waals surface area (Å²) >= 11 is 0. The summed E-state index contributed by atoms with van der Waals surface area (Å²) in [5.74, 6) is -1.41. The highest BCUT2D eigenvalue weighted by atomic mass is 16.5. The van der Waals surface area contributed by atoms with E-state index >= 15 is 0 Å². The van der Waals surface area contributed by atoms with Crippen LogP contribution in [0.1, 0.15) is 55.7 Å². The molecule has 1 aliphatic carbocycles. The van der Waals surface area contributed by atoms with Crippen molar-refractivity contribution < 1.29 is 24.5 Å². The van der Waals surface area contributed by atoms with Crippen molar-refractivity contribution in [1.82, 2.24) is 4.98 Å². The van der Waals surface area contributed by atoms with Crippen LogP contribution in [0, 0.1) is 5.92 Å². The van der Waals surface area contributed by atoms with Crippen molar-refractivity contribution in [2.45, 2.75) is 45.3 Å². The quantitative estimate of drug-likeness (QED) is 0.619. The molecular weight excluding hydrogens is 334 g/mol. The number of pyridine rings is 1. The molecule has 0 fully saturated rings. The zero-order valence-corrected chi connectivity index (χ0v) is 15.7. The highest BCUT2D eigenvalue weighted by Gasteiger charge is 2.65. The standard InChI is InChI=1S/C20H25NO5/c1-6-12(2)9-13(3)7-8-14-10-16-15(11-21-14)17(22)19(4,24)20(16,25)18(23)26-5/h7-12,24-25H,6H2,1-5H3/b8-7+,13-9+. The number of aromatic nitrogens is 1. The van der Waals surface area contributed by atoms with Crippen molar-refractivity contribution in [1.29, 1.82) is 0 Å². The van der Waals surface area contributed by atoms with Crippen LogP contribution >= 0.6 is 0 Å². The number of ketones is 1. The van der Waals surface area contributed by atoms with Crippen molar-refractivity contribution >= 4 is 17.8 Å². The molecule has 3 atom stereocenters. The first-order valence-electron chi connectivity index (χ1n) is 8.54. The Bertz CT molecular complexity index is 793. The van der Waals surface area contributed by atoms with E-state index in [2.05, 4.69) is 29.6 Å². The van der Waals surface area contributed by atoms with E-state index in [0.717, 1.165) is 26.0 Å². The summed E-state index contributed by atoms with van der Waals surface area (Å²) in [5, 5.41) is 21.3. The Hall–Kier alpha value is -2.31. The monoisotopic (exact) mass is 359 g/mol. The molecule has 0 aromatic carbocycles. The number of fused-ring (bicyclic) bond motifs is 1. The van der Waals surface area contributed by atoms with Crippen LogP contribution in [0.3, 0.4) is 0 Å². The molecule has 140 valence electrons. The van der Waals surface area contributed by atoms with Gasteiger partial charge >= 0.3 is 5.97 Å². The second-order valence-corrected chi connectivity index (χ2v) is 6.89. The minimum Gasteiger partial charge on any atom is -0.467 e. The number of esters is 1. The number of methoxy groups -OCH3 is 1. The predicted molar refractivity (Wildman–Crippen MR) is 97.4 cm³/mol. The molecule has 2 rings (SSSR count). The molecule has 0 spiro atoms. The third kappa shape index (κ3) is 3.10. The molecule has 2 N–H and O–H groups in total. The number of aliphatic hydroxyl groups is 2. The molecule has 0 saturated carbocycles. The molecule has 26 heavy (non-hydrogen) atoms. The molecule has 6 nitrogen and oxygen atoms in total. The predicted octanol–water partition coefficient (Wildman–Crippen LogP) is 2.40. The minimum atomic E-state index is -2.47. The Labute approximate surface area is 153 Å². The zero-order valence-electron chi connectivity index (χ0n) is 15.7. The molecule has 0 saturated heterocycles. The smallest absolute Gasteiger partial charge is 0.346 e. The van der Waals surface area contributed by atoms with Crippen LogP contribution in [-0.4, -0.2) is 39.7 Å². The molecule has 6 heteroatoms. The third-order valence-electron chi connectivity index (χ3n) is 4.90. The van der Waals surface area contributed by atoms with E-state index in [1.165, 1.54) is 12.3 Å². The Morgan fingerprint density at radius 1 is 1.42 bits per heavy atom. The minimum absolute atomic E-state index is 0.00226. The van der Waals surface area contributed by atoms with Gasteiger partial charge in [0.15, 0.2) is 11.4 Å². The number of allylic oxidation sites excluding steroid dienone is 3. The lowest BCUT2D eigenvalue weighted by Gasteiger charge is -2.31. The summed E-state index contributed by atoms with van der Waals surface area (Å²) in [7, 11) is 1.09. The summed E-state index contributed by atoms with van der Waals surface area (Å²) in [5.41, 5.74) is -3.29. The van der Waals surface area contributed by atoms with Crippen LogP contribution in [0.5, 0.6) is 0 Å². The van der Waals surface area contributed by atoms with Gasteiger partial charge in [-0.05, 0) is 31.9 Å². The fourth-order valence-electron chi connectivity index (χ4n) is 3.03. The molecule has 0 radical (unpaired) electrons. The fourth-order valence-corrected chi connectivity index (χ4v) is 3.03. The maximum atomic E-state index is 12.4. The van der Waals surface area contributed by atoms with Crippen LogP contribution in [0.25, 0.3) is 6.08 Å². The Kier molecular flexibility index (Phi) is 5.49. The highest BCUT2D eigenvalue weighted by molar-refractivity contribution is 6.13. The van der Waals surface area contributed by atoms with Gasteiger partial charge in [-0.1, -0.05) is 38.0 Å². The van der Waals surface area contributed by atoms with Gasteiger partial charge in [0.2, 0.25) is 5.60 Å². The molecule has 0 amide bonds. The van der Waals surface area contributed by atoms with Gasteiger partial charge in [0.1, 0.15) is 0 Å². The maximum absolute atomic E-state index is 12.4. The number of nitrogens with zero attached hydrogens (tertiary/aromatic N) is 1. The molecule has 1 aliphatic rings. The number of Topliss-reactive ketones (excluding diaryl/α,β-unsaturated/α-hetero) is 1. The molecule has 1 heterocycles. The lowest BCUT2D eigenvalue weighted by atomic mass is 9.84. The number of ether oxygens (including phenoxy) is 1. The number of carbonyl (C=O) groups is 2. The average Bonchev–Trinajstić information content (AvgIpc) is 2.77. The molecule has 0 bridgehead atoms. The first kappa shape index (κ1) is 20.0. The van der Waals surface area contributed by atoms with Crippen LogP contribution < -0.4 is 0 Å². The third-order valence-corrected chi connectivity index (χ3v) is 4.90. The molecule has 0 aliphatic heterocycles. The zero-order chi connectivity index (χ0) is 19.7. The normalized spacial score (nSPS) is 26.9. The van der Waals surface area contributed by atoms with Crippen molar-refractivity contribution in [3.05, 3.63) is 46.8 Å². The van der Waals surface area contributed by atoms with Crippen molar-refractivity contribution in [3.63, 3.8) is 0 Å². The van der Waals surface area contributed by atoms with Gasteiger partial charge < -0.3 is 14.9 Å². The van der Waals surface area contributed by atoms with E-state index in [0.29, 0.717) is 11.6 Å². The van der Waals surface area contributed by atoms with Gasteiger partial charge in [-0.2, -0.15) is 0 Å². The van der Waals surface area contributed by atoms with Gasteiger partial charge in [-0.25, -0.2) is 4.79 Å². The van der Waals surface area contributed by atoms with Crippen LogP contribution in [-0.2, 0) is 15.1 Å². The maximum Gasteiger partial charge on any atom is 0.346 e. The van der Waals surface area contributed by atoms with E-state index in [1.54, 1.807) is 6.08 Å². The van der Waals surface area contributed by atoms with Crippen molar-refractivity contribution in [2.75, 3.05) is 7.11 Å². The Morgan fingerprint density at radius 3 is 2.65 bits per heavy atom. The second-order valence-electron chi connectivity index (χ2n) is 6.89. The lowest BCUT2D eigenvalue weighted by Crippen LogP contribution is -2.55. The van der Waals surface area contributed by atoms with E-state index in [4.69, 9.17) is 0 Å². The van der Waals surface area contributed by atoms with Gasteiger partial charge in [-0.3, -0.25) is 9.78 Å². The van der Waals surface area contributed by atoms with E-state index < -0.39 is 23.0 Å².